The highest BCUT2D eigenvalue weighted by Crippen LogP contribution is 2.24. The van der Waals surface area contributed by atoms with Gasteiger partial charge >= 0.3 is 0 Å². The lowest BCUT2D eigenvalue weighted by molar-refractivity contribution is -0.118. The number of methoxy groups -OCH3 is 1. The summed E-state index contributed by atoms with van der Waals surface area (Å²) in [5.41, 5.74) is 6.38. The molecule has 2 rings (SSSR count). The van der Waals surface area contributed by atoms with Crippen molar-refractivity contribution in [3.8, 4) is 5.75 Å². The van der Waals surface area contributed by atoms with E-state index in [4.69, 9.17) is 10.5 Å². The first-order valence-electron chi connectivity index (χ1n) is 7.61. The van der Waals surface area contributed by atoms with Gasteiger partial charge in [0.1, 0.15) is 5.75 Å². The maximum absolute atomic E-state index is 12.2. The molecule has 5 heteroatoms. The van der Waals surface area contributed by atoms with E-state index in [0.717, 1.165) is 24.4 Å². The Balaban J connectivity index is 1.85. The Kier molecular flexibility index (Phi) is 6.02. The predicted molar refractivity (Wildman–Crippen MR) is 84.5 cm³/mol. The van der Waals surface area contributed by atoms with Gasteiger partial charge in [-0.25, -0.2) is 0 Å². The highest BCUT2D eigenvalue weighted by molar-refractivity contribution is 5.92. The zero-order valence-corrected chi connectivity index (χ0v) is 12.7. The minimum Gasteiger partial charge on any atom is -0.497 e. The molecule has 0 spiro atoms. The quantitative estimate of drug-likeness (QED) is 0.767. The van der Waals surface area contributed by atoms with E-state index in [1.165, 1.54) is 19.3 Å². The average molecular weight is 291 g/mol. The Morgan fingerprint density at radius 1 is 1.38 bits per heavy atom. The van der Waals surface area contributed by atoms with Crippen LogP contribution in [0, 0.1) is 0 Å². The number of hydrogen-bond donors (Lipinski definition) is 2. The van der Waals surface area contributed by atoms with Gasteiger partial charge in [0, 0.05) is 18.3 Å². The second-order valence-electron chi connectivity index (χ2n) is 5.47. The van der Waals surface area contributed by atoms with Crippen LogP contribution in [0.2, 0.25) is 0 Å². The normalized spacial score (nSPS) is 14.8. The van der Waals surface area contributed by atoms with E-state index in [1.54, 1.807) is 7.11 Å². The van der Waals surface area contributed by atoms with Crippen molar-refractivity contribution in [1.29, 1.82) is 0 Å². The molecule has 21 heavy (non-hydrogen) atoms. The van der Waals surface area contributed by atoms with E-state index in [9.17, 15) is 4.79 Å². The van der Waals surface area contributed by atoms with Crippen LogP contribution in [-0.4, -0.2) is 43.6 Å². The number of carbonyl (C=O) groups is 1. The molecular formula is C16H25N3O2. The van der Waals surface area contributed by atoms with Gasteiger partial charge in [0.2, 0.25) is 5.91 Å². The summed E-state index contributed by atoms with van der Waals surface area (Å²) in [7, 11) is 1.63. The van der Waals surface area contributed by atoms with Gasteiger partial charge in [0.05, 0.1) is 13.7 Å². The molecule has 1 aliphatic rings. The van der Waals surface area contributed by atoms with Crippen molar-refractivity contribution in [3.63, 3.8) is 0 Å². The number of anilines is 1. The zero-order valence-electron chi connectivity index (χ0n) is 12.7. The SMILES string of the molecule is COc1ccc(NC(=O)CN(CCCN)C2CCC2)cc1. The fourth-order valence-corrected chi connectivity index (χ4v) is 2.50. The molecular weight excluding hydrogens is 266 g/mol. The van der Waals surface area contributed by atoms with Gasteiger partial charge in [-0.05, 0) is 50.1 Å². The molecule has 0 radical (unpaired) electrons. The molecule has 3 N–H and O–H groups in total. The number of hydrogen-bond acceptors (Lipinski definition) is 4. The Bertz CT molecular complexity index is 443. The van der Waals surface area contributed by atoms with Gasteiger partial charge < -0.3 is 15.8 Å². The molecule has 0 unspecified atom stereocenters. The van der Waals surface area contributed by atoms with E-state index >= 15 is 0 Å². The second-order valence-corrected chi connectivity index (χ2v) is 5.47. The lowest BCUT2D eigenvalue weighted by atomic mass is 9.91. The first-order valence-corrected chi connectivity index (χ1v) is 7.61. The van der Waals surface area contributed by atoms with E-state index < -0.39 is 0 Å². The number of amides is 1. The summed E-state index contributed by atoms with van der Waals surface area (Å²) >= 11 is 0. The van der Waals surface area contributed by atoms with Gasteiger partial charge in [-0.3, -0.25) is 9.69 Å². The highest BCUT2D eigenvalue weighted by Gasteiger charge is 2.25. The number of benzene rings is 1. The van der Waals surface area contributed by atoms with Gasteiger partial charge in [-0.2, -0.15) is 0 Å². The lowest BCUT2D eigenvalue weighted by Crippen LogP contribution is -2.45. The summed E-state index contributed by atoms with van der Waals surface area (Å²) in [4.78, 5) is 14.4. The molecule has 1 aromatic carbocycles. The first kappa shape index (κ1) is 15.8. The fourth-order valence-electron chi connectivity index (χ4n) is 2.50. The van der Waals surface area contributed by atoms with Gasteiger partial charge in [-0.15, -0.1) is 0 Å². The largest absolute Gasteiger partial charge is 0.497 e. The Hall–Kier alpha value is -1.59. The number of nitrogens with one attached hydrogen (secondary N) is 1. The number of nitrogens with two attached hydrogens (primary N) is 1. The van der Waals surface area contributed by atoms with Gasteiger partial charge in [0.25, 0.3) is 0 Å². The summed E-state index contributed by atoms with van der Waals surface area (Å²) in [6.07, 6.45) is 4.59. The van der Waals surface area contributed by atoms with Crippen LogP contribution in [0.3, 0.4) is 0 Å². The maximum Gasteiger partial charge on any atom is 0.238 e. The third-order valence-electron chi connectivity index (χ3n) is 3.96. The molecule has 116 valence electrons. The summed E-state index contributed by atoms with van der Waals surface area (Å²) < 4.78 is 5.10. The van der Waals surface area contributed by atoms with Crippen molar-refractivity contribution < 1.29 is 9.53 Å². The molecule has 0 aliphatic heterocycles. The molecule has 1 aliphatic carbocycles. The number of ether oxygens (including phenoxy) is 1. The molecule has 0 atom stereocenters. The fraction of sp³-hybridized carbons (Fsp3) is 0.562. The van der Waals surface area contributed by atoms with Crippen LogP contribution in [-0.2, 0) is 4.79 Å². The molecule has 0 saturated heterocycles. The molecule has 1 amide bonds. The van der Waals surface area contributed by atoms with Crippen LogP contribution in [0.1, 0.15) is 25.7 Å². The average Bonchev–Trinajstić information content (AvgIpc) is 2.43. The van der Waals surface area contributed by atoms with E-state index in [1.807, 2.05) is 24.3 Å². The van der Waals surface area contributed by atoms with Crippen molar-refractivity contribution >= 4 is 11.6 Å². The Morgan fingerprint density at radius 2 is 2.10 bits per heavy atom. The monoisotopic (exact) mass is 291 g/mol. The minimum absolute atomic E-state index is 0.0316. The van der Waals surface area contributed by atoms with Crippen LogP contribution in [0.15, 0.2) is 24.3 Å². The standard InChI is InChI=1S/C16H25N3O2/c1-21-15-8-6-13(7-9-15)18-16(20)12-19(11-3-10-17)14-4-2-5-14/h6-9,14H,2-5,10-12,17H2,1H3,(H,18,20). The first-order chi connectivity index (χ1) is 10.2. The van der Waals surface area contributed by atoms with Crippen molar-refractivity contribution in [2.45, 2.75) is 31.7 Å². The van der Waals surface area contributed by atoms with Crippen molar-refractivity contribution in [3.05, 3.63) is 24.3 Å². The maximum atomic E-state index is 12.2. The third-order valence-corrected chi connectivity index (χ3v) is 3.96. The van der Waals surface area contributed by atoms with Crippen molar-refractivity contribution in [2.24, 2.45) is 5.73 Å². The van der Waals surface area contributed by atoms with Crippen molar-refractivity contribution in [1.82, 2.24) is 4.90 Å². The molecule has 0 bridgehead atoms. The predicted octanol–water partition coefficient (Wildman–Crippen LogP) is 1.84. The van der Waals surface area contributed by atoms with Crippen LogP contribution in [0.4, 0.5) is 5.69 Å². The molecule has 5 nitrogen and oxygen atoms in total. The summed E-state index contributed by atoms with van der Waals surface area (Å²) in [5, 5.41) is 2.94. The lowest BCUT2D eigenvalue weighted by Gasteiger charge is -2.37. The molecule has 1 fully saturated rings. The zero-order chi connectivity index (χ0) is 15.1. The van der Waals surface area contributed by atoms with Gasteiger partial charge in [-0.1, -0.05) is 6.42 Å². The van der Waals surface area contributed by atoms with Crippen LogP contribution >= 0.6 is 0 Å². The van der Waals surface area contributed by atoms with Crippen molar-refractivity contribution in [2.75, 3.05) is 32.1 Å². The topological polar surface area (TPSA) is 67.6 Å². The van der Waals surface area contributed by atoms with Gasteiger partial charge in [0.15, 0.2) is 0 Å². The molecule has 0 heterocycles. The van der Waals surface area contributed by atoms with Crippen LogP contribution < -0.4 is 15.8 Å². The number of carbonyl (C=O) groups excluding carboxylic acids is 1. The molecule has 0 aromatic heterocycles. The minimum atomic E-state index is 0.0316. The summed E-state index contributed by atoms with van der Waals surface area (Å²) in [6.45, 7) is 2.01. The third kappa shape index (κ3) is 4.72. The number of nitrogens with zero attached hydrogens (tertiary/aromatic N) is 1. The van der Waals surface area contributed by atoms with E-state index in [2.05, 4.69) is 10.2 Å². The summed E-state index contributed by atoms with van der Waals surface area (Å²) in [5.74, 6) is 0.816. The Morgan fingerprint density at radius 3 is 2.62 bits per heavy atom. The number of rotatable bonds is 8. The van der Waals surface area contributed by atoms with E-state index in [-0.39, 0.29) is 5.91 Å². The van der Waals surface area contributed by atoms with Crippen LogP contribution in [0.5, 0.6) is 5.75 Å². The summed E-state index contributed by atoms with van der Waals surface area (Å²) in [6, 6.07) is 7.94. The highest BCUT2D eigenvalue weighted by atomic mass is 16.5. The van der Waals surface area contributed by atoms with Crippen LogP contribution in [0.25, 0.3) is 0 Å². The molecule has 1 saturated carbocycles. The second kappa shape index (κ2) is 8.00. The van der Waals surface area contributed by atoms with E-state index in [0.29, 0.717) is 19.1 Å². The molecule has 1 aromatic rings. The smallest absolute Gasteiger partial charge is 0.238 e. The Labute approximate surface area is 126 Å².